The van der Waals surface area contributed by atoms with Crippen molar-refractivity contribution in [3.8, 4) is 0 Å². The molecule has 0 aliphatic carbocycles. The fraction of sp³-hybridized carbons (Fsp3) is 0.235. The Balaban J connectivity index is 1.81. The zero-order chi connectivity index (χ0) is 15.7. The van der Waals surface area contributed by atoms with Crippen molar-refractivity contribution in [3.05, 3.63) is 58.2 Å². The van der Waals surface area contributed by atoms with Gasteiger partial charge in [0.25, 0.3) is 5.91 Å². The number of halogens is 1. The van der Waals surface area contributed by atoms with Crippen LogP contribution in [0.2, 0.25) is 0 Å². The topological polar surface area (TPSA) is 44.9 Å². The van der Waals surface area contributed by atoms with Gasteiger partial charge in [-0.25, -0.2) is 4.39 Å². The summed E-state index contributed by atoms with van der Waals surface area (Å²) < 4.78 is 13.3. The first-order chi connectivity index (χ1) is 10.5. The third-order valence-corrected chi connectivity index (χ3v) is 4.68. The Bertz CT molecular complexity index is 805. The monoisotopic (exact) mass is 316 g/mol. The number of thiophene rings is 1. The first-order valence-electron chi connectivity index (χ1n) is 7.06. The number of aromatic amines is 1. The van der Waals surface area contributed by atoms with Crippen LogP contribution in [0.25, 0.3) is 10.9 Å². The number of nitrogens with one attached hydrogen (secondary N) is 2. The summed E-state index contributed by atoms with van der Waals surface area (Å²) in [6.45, 7) is 4.63. The van der Waals surface area contributed by atoms with Crippen LogP contribution in [0.3, 0.4) is 0 Å². The molecule has 5 heteroatoms. The maximum atomic E-state index is 13.3. The Labute approximate surface area is 132 Å². The van der Waals surface area contributed by atoms with Gasteiger partial charge >= 0.3 is 0 Å². The predicted octanol–water partition coefficient (Wildman–Crippen LogP) is 4.08. The Morgan fingerprint density at radius 1 is 1.36 bits per heavy atom. The Morgan fingerprint density at radius 3 is 2.91 bits per heavy atom. The Hall–Kier alpha value is -2.14. The zero-order valence-electron chi connectivity index (χ0n) is 12.4. The van der Waals surface area contributed by atoms with Gasteiger partial charge in [0.1, 0.15) is 5.82 Å². The van der Waals surface area contributed by atoms with Crippen molar-refractivity contribution >= 4 is 28.1 Å². The smallest absolute Gasteiger partial charge is 0.261 e. The van der Waals surface area contributed by atoms with Crippen LogP contribution in [0, 0.1) is 5.82 Å². The molecule has 0 aliphatic rings. The predicted molar refractivity (Wildman–Crippen MR) is 87.9 cm³/mol. The average Bonchev–Trinajstić information content (AvgIpc) is 3.13. The number of amides is 1. The fourth-order valence-corrected chi connectivity index (χ4v) is 3.19. The average molecular weight is 316 g/mol. The van der Waals surface area contributed by atoms with Gasteiger partial charge in [0.2, 0.25) is 0 Å². The highest BCUT2D eigenvalue weighted by molar-refractivity contribution is 7.12. The van der Waals surface area contributed by atoms with E-state index in [1.54, 1.807) is 6.07 Å². The standard InChI is InChI=1S/C17H17FN2OS/c1-17(2,10-20-16(21)15-4-3-7-22-15)13-9-19-14-8-11(18)5-6-12(13)14/h3-9,19H,10H2,1-2H3,(H,20,21). The van der Waals surface area contributed by atoms with Crippen LogP contribution in [0.4, 0.5) is 4.39 Å². The van der Waals surface area contributed by atoms with Crippen molar-refractivity contribution in [2.75, 3.05) is 6.54 Å². The maximum Gasteiger partial charge on any atom is 0.261 e. The molecule has 0 atom stereocenters. The molecule has 1 amide bonds. The number of H-pyrrole nitrogens is 1. The van der Waals surface area contributed by atoms with Crippen LogP contribution < -0.4 is 5.32 Å². The molecule has 0 fully saturated rings. The minimum atomic E-state index is -0.261. The molecule has 0 saturated heterocycles. The molecule has 0 aliphatic heterocycles. The highest BCUT2D eigenvalue weighted by atomic mass is 32.1. The number of hydrogen-bond acceptors (Lipinski definition) is 2. The van der Waals surface area contributed by atoms with Gasteiger partial charge in [0.15, 0.2) is 0 Å². The molecule has 0 saturated carbocycles. The van der Waals surface area contributed by atoms with Crippen LogP contribution >= 0.6 is 11.3 Å². The summed E-state index contributed by atoms with van der Waals surface area (Å²) in [6, 6.07) is 8.39. The number of hydrogen-bond donors (Lipinski definition) is 2. The molecular weight excluding hydrogens is 299 g/mol. The Morgan fingerprint density at radius 2 is 2.18 bits per heavy atom. The molecule has 3 nitrogen and oxygen atoms in total. The summed E-state index contributed by atoms with van der Waals surface area (Å²) >= 11 is 1.42. The lowest BCUT2D eigenvalue weighted by atomic mass is 9.84. The van der Waals surface area contributed by atoms with Gasteiger partial charge in [-0.3, -0.25) is 4.79 Å². The second kappa shape index (κ2) is 5.57. The molecule has 2 N–H and O–H groups in total. The van der Waals surface area contributed by atoms with E-state index in [1.807, 2.05) is 23.7 Å². The summed E-state index contributed by atoms with van der Waals surface area (Å²) in [5.74, 6) is -0.321. The lowest BCUT2D eigenvalue weighted by molar-refractivity contribution is 0.0950. The molecule has 3 rings (SSSR count). The van der Waals surface area contributed by atoms with Gasteiger partial charge in [-0.15, -0.1) is 11.3 Å². The normalized spacial score (nSPS) is 11.8. The van der Waals surface area contributed by atoms with Gasteiger partial charge in [-0.05, 0) is 35.2 Å². The summed E-state index contributed by atoms with van der Waals surface area (Å²) in [7, 11) is 0. The number of carbonyl (C=O) groups is 1. The van der Waals surface area contributed by atoms with Gasteiger partial charge in [-0.1, -0.05) is 19.9 Å². The third kappa shape index (κ3) is 2.76. The highest BCUT2D eigenvalue weighted by Gasteiger charge is 2.25. The van der Waals surface area contributed by atoms with Crippen molar-refractivity contribution in [1.29, 1.82) is 0 Å². The van der Waals surface area contributed by atoms with E-state index in [0.717, 1.165) is 16.5 Å². The molecule has 22 heavy (non-hydrogen) atoms. The zero-order valence-corrected chi connectivity index (χ0v) is 13.3. The maximum absolute atomic E-state index is 13.3. The van der Waals surface area contributed by atoms with E-state index < -0.39 is 0 Å². The molecule has 0 radical (unpaired) electrons. The van der Waals surface area contributed by atoms with Crippen molar-refractivity contribution in [2.24, 2.45) is 0 Å². The van der Waals surface area contributed by atoms with E-state index in [-0.39, 0.29) is 17.1 Å². The van der Waals surface area contributed by atoms with E-state index in [9.17, 15) is 9.18 Å². The van der Waals surface area contributed by atoms with E-state index in [4.69, 9.17) is 0 Å². The van der Waals surface area contributed by atoms with Crippen LogP contribution in [0.15, 0.2) is 41.9 Å². The van der Waals surface area contributed by atoms with E-state index in [1.165, 1.54) is 23.5 Å². The molecule has 0 bridgehead atoms. The first kappa shape index (κ1) is 14.8. The number of rotatable bonds is 4. The molecule has 0 unspecified atom stereocenters. The van der Waals surface area contributed by atoms with Crippen molar-refractivity contribution < 1.29 is 9.18 Å². The number of benzene rings is 1. The molecule has 3 aromatic rings. The lowest BCUT2D eigenvalue weighted by Crippen LogP contribution is -2.36. The second-order valence-electron chi connectivity index (χ2n) is 5.94. The van der Waals surface area contributed by atoms with Gasteiger partial charge in [0, 0.05) is 29.1 Å². The summed E-state index contributed by atoms with van der Waals surface area (Å²) in [6.07, 6.45) is 1.89. The number of aromatic nitrogens is 1. The molecule has 0 spiro atoms. The van der Waals surface area contributed by atoms with Crippen LogP contribution in [0.5, 0.6) is 0 Å². The minimum Gasteiger partial charge on any atom is -0.361 e. The summed E-state index contributed by atoms with van der Waals surface area (Å²) in [5, 5.41) is 5.84. The van der Waals surface area contributed by atoms with Gasteiger partial charge < -0.3 is 10.3 Å². The molecule has 2 aromatic heterocycles. The van der Waals surface area contributed by atoms with Crippen molar-refractivity contribution in [3.63, 3.8) is 0 Å². The molecule has 1 aromatic carbocycles. The van der Waals surface area contributed by atoms with E-state index in [2.05, 4.69) is 24.1 Å². The van der Waals surface area contributed by atoms with E-state index >= 15 is 0 Å². The number of fused-ring (bicyclic) bond motifs is 1. The quantitative estimate of drug-likeness (QED) is 0.748. The lowest BCUT2D eigenvalue weighted by Gasteiger charge is -2.24. The minimum absolute atomic E-state index is 0.0611. The molecular formula is C17H17FN2OS. The Kier molecular flexibility index (Phi) is 3.74. The molecule has 114 valence electrons. The van der Waals surface area contributed by atoms with Crippen LogP contribution in [0.1, 0.15) is 29.1 Å². The first-order valence-corrected chi connectivity index (χ1v) is 7.94. The van der Waals surface area contributed by atoms with Gasteiger partial charge in [0.05, 0.1) is 4.88 Å². The SMILES string of the molecule is CC(C)(CNC(=O)c1cccs1)c1c[nH]c2cc(F)ccc12. The fourth-order valence-electron chi connectivity index (χ4n) is 2.55. The highest BCUT2D eigenvalue weighted by Crippen LogP contribution is 2.30. The van der Waals surface area contributed by atoms with Crippen molar-refractivity contribution in [1.82, 2.24) is 10.3 Å². The summed E-state index contributed by atoms with van der Waals surface area (Å²) in [5.41, 5.74) is 1.57. The second-order valence-corrected chi connectivity index (χ2v) is 6.88. The van der Waals surface area contributed by atoms with Crippen molar-refractivity contribution in [2.45, 2.75) is 19.3 Å². The summed E-state index contributed by atoms with van der Waals surface area (Å²) in [4.78, 5) is 15.9. The van der Waals surface area contributed by atoms with E-state index in [0.29, 0.717) is 11.4 Å². The van der Waals surface area contributed by atoms with Crippen LogP contribution in [-0.2, 0) is 5.41 Å². The molecule has 2 heterocycles. The number of carbonyl (C=O) groups excluding carboxylic acids is 1. The van der Waals surface area contributed by atoms with Crippen LogP contribution in [-0.4, -0.2) is 17.4 Å². The third-order valence-electron chi connectivity index (χ3n) is 3.81. The largest absolute Gasteiger partial charge is 0.361 e. The van der Waals surface area contributed by atoms with Gasteiger partial charge in [-0.2, -0.15) is 0 Å².